The fraction of sp³-hybridized carbons (Fsp3) is 0.480. The number of amides is 1. The average molecular weight is 575 g/mol. The molecule has 2 aliphatic heterocycles. The molecule has 0 bridgehead atoms. The molecule has 5 rings (SSSR count). The maximum atomic E-state index is 12.7. The SMILES string of the molecule is CCN1CCN(C(=O)COc2ccc(Cl)cc2CNc2ncnc3c2ncn3C2OC(C(=O)O)C(N)C2O)CC1. The van der Waals surface area contributed by atoms with Crippen LogP contribution in [0, 0.1) is 0 Å². The van der Waals surface area contributed by atoms with Crippen LogP contribution < -0.4 is 15.8 Å². The van der Waals surface area contributed by atoms with Crippen molar-refractivity contribution in [3.8, 4) is 5.75 Å². The van der Waals surface area contributed by atoms with E-state index in [4.69, 9.17) is 26.8 Å². The van der Waals surface area contributed by atoms with Gasteiger partial charge in [0.25, 0.3) is 5.91 Å². The second kappa shape index (κ2) is 11.9. The predicted octanol–water partition coefficient (Wildman–Crippen LogP) is 0.305. The molecule has 214 valence electrons. The molecule has 2 aromatic heterocycles. The van der Waals surface area contributed by atoms with Crippen LogP contribution in [-0.4, -0.2) is 109 Å². The van der Waals surface area contributed by atoms with Gasteiger partial charge in [0.1, 0.15) is 18.2 Å². The van der Waals surface area contributed by atoms with Gasteiger partial charge in [0.2, 0.25) is 0 Å². The maximum absolute atomic E-state index is 12.7. The minimum Gasteiger partial charge on any atom is -0.483 e. The number of piperazine rings is 1. The van der Waals surface area contributed by atoms with E-state index in [9.17, 15) is 19.8 Å². The van der Waals surface area contributed by atoms with Crippen molar-refractivity contribution in [2.75, 3.05) is 44.6 Å². The van der Waals surface area contributed by atoms with Crippen LogP contribution >= 0.6 is 11.6 Å². The Morgan fingerprint density at radius 2 is 2.00 bits per heavy atom. The number of fused-ring (bicyclic) bond motifs is 1. The molecule has 0 saturated carbocycles. The number of aromatic nitrogens is 4. The number of ether oxygens (including phenoxy) is 2. The van der Waals surface area contributed by atoms with Gasteiger partial charge < -0.3 is 40.5 Å². The first-order valence-corrected chi connectivity index (χ1v) is 13.3. The highest BCUT2D eigenvalue weighted by atomic mass is 35.5. The molecule has 0 radical (unpaired) electrons. The topological polar surface area (TPSA) is 181 Å². The Morgan fingerprint density at radius 3 is 2.70 bits per heavy atom. The minimum atomic E-state index is -1.37. The van der Waals surface area contributed by atoms with Crippen LogP contribution in [0.4, 0.5) is 5.82 Å². The monoisotopic (exact) mass is 574 g/mol. The van der Waals surface area contributed by atoms with Gasteiger partial charge in [-0.15, -0.1) is 0 Å². The van der Waals surface area contributed by atoms with E-state index in [1.54, 1.807) is 18.2 Å². The molecule has 1 aromatic carbocycles. The molecule has 0 aliphatic carbocycles. The minimum absolute atomic E-state index is 0.0752. The van der Waals surface area contributed by atoms with Crippen molar-refractivity contribution in [1.29, 1.82) is 0 Å². The standard InChI is InChI=1S/C25H31ClN8O6/c1-2-32-5-7-33(8-6-32)17(35)11-39-16-4-3-15(26)9-14(16)10-28-22-19-23(30-12-29-22)34(13-31-19)24-20(36)18(27)21(40-24)25(37)38/h3-4,9,12-13,18,20-21,24,36H,2,5-8,10-11,27H2,1H3,(H,37,38)(H,28,29,30). The summed E-state index contributed by atoms with van der Waals surface area (Å²) in [4.78, 5) is 41.1. The number of hydrogen-bond acceptors (Lipinski definition) is 11. The van der Waals surface area contributed by atoms with Gasteiger partial charge in [0.05, 0.1) is 12.4 Å². The van der Waals surface area contributed by atoms with E-state index in [1.807, 2.05) is 4.90 Å². The van der Waals surface area contributed by atoms with Crippen molar-refractivity contribution in [2.45, 2.75) is 37.9 Å². The largest absolute Gasteiger partial charge is 0.483 e. The summed E-state index contributed by atoms with van der Waals surface area (Å²) in [6.07, 6.45) is -1.04. The van der Waals surface area contributed by atoms with Crippen LogP contribution in [0.25, 0.3) is 11.2 Å². The van der Waals surface area contributed by atoms with Crippen molar-refractivity contribution >= 4 is 40.5 Å². The summed E-state index contributed by atoms with van der Waals surface area (Å²) in [5.74, 6) is -0.458. The number of nitrogens with two attached hydrogens (primary N) is 1. The third-order valence-electron chi connectivity index (χ3n) is 7.19. The van der Waals surface area contributed by atoms with E-state index in [1.165, 1.54) is 17.2 Å². The van der Waals surface area contributed by atoms with E-state index in [-0.39, 0.29) is 19.1 Å². The molecule has 3 aromatic rings. The van der Waals surface area contributed by atoms with Gasteiger partial charge in [-0.2, -0.15) is 0 Å². The lowest BCUT2D eigenvalue weighted by molar-refractivity contribution is -0.152. The second-order valence-electron chi connectivity index (χ2n) is 9.61. The van der Waals surface area contributed by atoms with E-state index in [0.717, 1.165) is 19.6 Å². The zero-order valence-electron chi connectivity index (χ0n) is 21.8. The fourth-order valence-corrected chi connectivity index (χ4v) is 5.06. The molecule has 15 heteroatoms. The lowest BCUT2D eigenvalue weighted by Crippen LogP contribution is -2.49. The summed E-state index contributed by atoms with van der Waals surface area (Å²) in [6.45, 7) is 6.27. The molecular weight excluding hydrogens is 544 g/mol. The van der Waals surface area contributed by atoms with Crippen LogP contribution in [-0.2, 0) is 20.9 Å². The number of halogens is 1. The number of benzene rings is 1. The third kappa shape index (κ3) is 5.67. The van der Waals surface area contributed by atoms with Crippen molar-refractivity contribution in [3.05, 3.63) is 41.4 Å². The Bertz CT molecular complexity index is 1380. The van der Waals surface area contributed by atoms with E-state index < -0.39 is 30.4 Å². The van der Waals surface area contributed by atoms with E-state index in [2.05, 4.69) is 32.1 Å². The number of rotatable bonds is 9. The lowest BCUT2D eigenvalue weighted by Gasteiger charge is -2.34. The number of aliphatic carboxylic acids is 1. The molecule has 1 amide bonds. The molecule has 0 spiro atoms. The van der Waals surface area contributed by atoms with Crippen LogP contribution in [0.1, 0.15) is 18.7 Å². The molecular formula is C25H31ClN8O6. The Hall–Kier alpha value is -3.56. The predicted molar refractivity (Wildman–Crippen MR) is 144 cm³/mol. The van der Waals surface area contributed by atoms with Gasteiger partial charge >= 0.3 is 5.97 Å². The molecule has 4 unspecified atom stereocenters. The van der Waals surface area contributed by atoms with Crippen LogP contribution in [0.2, 0.25) is 5.02 Å². The highest BCUT2D eigenvalue weighted by Crippen LogP contribution is 2.32. The normalized spacial score (nSPS) is 23.4. The lowest BCUT2D eigenvalue weighted by atomic mass is 10.1. The number of carboxylic acids is 1. The summed E-state index contributed by atoms with van der Waals surface area (Å²) >= 11 is 6.25. The van der Waals surface area contributed by atoms with Gasteiger partial charge in [0.15, 0.2) is 35.9 Å². The second-order valence-corrected chi connectivity index (χ2v) is 10.0. The molecule has 4 heterocycles. The molecule has 4 atom stereocenters. The molecule has 2 fully saturated rings. The van der Waals surface area contributed by atoms with Gasteiger partial charge in [-0.3, -0.25) is 9.36 Å². The number of aliphatic hydroxyl groups is 1. The number of carboxylic acid groups (broad SMARTS) is 1. The number of aliphatic hydroxyl groups excluding tert-OH is 1. The van der Waals surface area contributed by atoms with Crippen molar-refractivity contribution in [3.63, 3.8) is 0 Å². The first-order valence-electron chi connectivity index (χ1n) is 12.9. The number of nitrogens with one attached hydrogen (secondary N) is 1. The molecule has 2 saturated heterocycles. The summed E-state index contributed by atoms with van der Waals surface area (Å²) in [5, 5.41) is 23.5. The first-order chi connectivity index (χ1) is 19.3. The van der Waals surface area contributed by atoms with Gasteiger partial charge in [-0.25, -0.2) is 19.7 Å². The number of nitrogens with zero attached hydrogens (tertiary/aromatic N) is 6. The highest BCUT2D eigenvalue weighted by Gasteiger charge is 2.46. The van der Waals surface area contributed by atoms with Gasteiger partial charge in [-0.1, -0.05) is 18.5 Å². The number of anilines is 1. The fourth-order valence-electron chi connectivity index (χ4n) is 4.86. The molecule has 40 heavy (non-hydrogen) atoms. The average Bonchev–Trinajstić information content (AvgIpc) is 3.52. The summed E-state index contributed by atoms with van der Waals surface area (Å²) in [6, 6.07) is 4.03. The van der Waals surface area contributed by atoms with Crippen LogP contribution in [0.3, 0.4) is 0 Å². The smallest absolute Gasteiger partial charge is 0.334 e. The zero-order valence-corrected chi connectivity index (χ0v) is 22.6. The Labute approximate surface area is 234 Å². The number of carbonyl (C=O) groups is 2. The number of carbonyl (C=O) groups excluding carboxylic acids is 1. The van der Waals surface area contributed by atoms with Gasteiger partial charge in [-0.05, 0) is 24.7 Å². The highest BCUT2D eigenvalue weighted by molar-refractivity contribution is 6.30. The number of hydrogen-bond donors (Lipinski definition) is 4. The Kier molecular flexibility index (Phi) is 8.32. The quantitative estimate of drug-likeness (QED) is 0.275. The van der Waals surface area contributed by atoms with Crippen LogP contribution in [0.15, 0.2) is 30.9 Å². The van der Waals surface area contributed by atoms with E-state index >= 15 is 0 Å². The maximum Gasteiger partial charge on any atom is 0.334 e. The number of imidazole rings is 1. The molecule has 14 nitrogen and oxygen atoms in total. The Balaban J connectivity index is 1.28. The van der Waals surface area contributed by atoms with Crippen molar-refractivity contribution in [2.24, 2.45) is 5.73 Å². The van der Waals surface area contributed by atoms with Gasteiger partial charge in [0, 0.05) is 43.3 Å². The Morgan fingerprint density at radius 1 is 1.23 bits per heavy atom. The van der Waals surface area contributed by atoms with Crippen molar-refractivity contribution < 1.29 is 29.3 Å². The third-order valence-corrected chi connectivity index (χ3v) is 7.43. The summed E-state index contributed by atoms with van der Waals surface area (Å²) in [7, 11) is 0. The first kappa shape index (κ1) is 28.0. The van der Waals surface area contributed by atoms with Crippen molar-refractivity contribution in [1.82, 2.24) is 29.3 Å². The summed E-state index contributed by atoms with van der Waals surface area (Å²) < 4.78 is 12.8. The van der Waals surface area contributed by atoms with Crippen LogP contribution in [0.5, 0.6) is 5.75 Å². The summed E-state index contributed by atoms with van der Waals surface area (Å²) in [5.41, 5.74) is 7.23. The zero-order chi connectivity index (χ0) is 28.4. The number of likely N-dealkylation sites (N-methyl/N-ethyl adjacent to an activating group) is 1. The van der Waals surface area contributed by atoms with E-state index in [0.29, 0.717) is 46.4 Å². The molecule has 5 N–H and O–H groups in total. The molecule has 2 aliphatic rings.